The quantitative estimate of drug-likeness (QED) is 0.773. The molecule has 1 aliphatic rings. The Kier molecular flexibility index (Phi) is 5.93. The lowest BCUT2D eigenvalue weighted by molar-refractivity contribution is 0.0327. The lowest BCUT2D eigenvalue weighted by atomic mass is 9.87. The highest BCUT2D eigenvalue weighted by molar-refractivity contribution is 6.01. The maximum atomic E-state index is 13.2. The molecule has 0 unspecified atom stereocenters. The van der Waals surface area contributed by atoms with Crippen LogP contribution in [0.3, 0.4) is 0 Å². The smallest absolute Gasteiger partial charge is 0.339 e. The molecule has 1 aromatic heterocycles. The van der Waals surface area contributed by atoms with Gasteiger partial charge in [-0.05, 0) is 44.1 Å². The van der Waals surface area contributed by atoms with Gasteiger partial charge in [-0.25, -0.2) is 4.79 Å². The van der Waals surface area contributed by atoms with E-state index in [2.05, 4.69) is 18.8 Å². The van der Waals surface area contributed by atoms with Crippen LogP contribution < -0.4 is 0 Å². The summed E-state index contributed by atoms with van der Waals surface area (Å²) in [7, 11) is 1.34. The number of hydrogen-bond donors (Lipinski definition) is 2. The lowest BCUT2D eigenvalue weighted by Crippen LogP contribution is -2.51. The first-order valence-corrected chi connectivity index (χ1v) is 9.03. The van der Waals surface area contributed by atoms with Gasteiger partial charge in [0.25, 0.3) is 5.91 Å². The van der Waals surface area contributed by atoms with Gasteiger partial charge in [0.15, 0.2) is 0 Å². The molecule has 2 rings (SSSR count). The van der Waals surface area contributed by atoms with E-state index in [9.17, 15) is 14.7 Å². The molecule has 0 saturated carbocycles. The first kappa shape index (κ1) is 19.5. The summed E-state index contributed by atoms with van der Waals surface area (Å²) in [6.45, 7) is 8.49. The molecule has 1 saturated heterocycles. The van der Waals surface area contributed by atoms with Gasteiger partial charge in [0.2, 0.25) is 0 Å². The van der Waals surface area contributed by atoms with Crippen molar-refractivity contribution in [2.45, 2.75) is 58.9 Å². The van der Waals surface area contributed by atoms with Gasteiger partial charge in [0.05, 0.1) is 24.8 Å². The third kappa shape index (κ3) is 3.45. The molecule has 140 valence electrons. The molecule has 6 heteroatoms. The molecule has 25 heavy (non-hydrogen) atoms. The van der Waals surface area contributed by atoms with Crippen LogP contribution in [-0.4, -0.2) is 52.7 Å². The second kappa shape index (κ2) is 7.60. The average Bonchev–Trinajstić information content (AvgIpc) is 3.14. The van der Waals surface area contributed by atoms with E-state index in [-0.39, 0.29) is 12.5 Å². The van der Waals surface area contributed by atoms with Crippen LogP contribution in [0.25, 0.3) is 0 Å². The number of carbonyl (C=O) groups is 2. The Balaban J connectivity index is 2.43. The molecule has 1 aromatic rings. The minimum absolute atomic E-state index is 0.0405. The van der Waals surface area contributed by atoms with Crippen molar-refractivity contribution < 1.29 is 19.4 Å². The van der Waals surface area contributed by atoms with Crippen molar-refractivity contribution in [2.24, 2.45) is 5.92 Å². The number of nitrogens with zero attached hydrogens (tertiary/aromatic N) is 1. The highest BCUT2D eigenvalue weighted by Crippen LogP contribution is 2.36. The van der Waals surface area contributed by atoms with Crippen molar-refractivity contribution in [3.63, 3.8) is 0 Å². The number of H-pyrrole nitrogens is 1. The number of aliphatic hydroxyl groups is 1. The Morgan fingerprint density at radius 3 is 2.60 bits per heavy atom. The van der Waals surface area contributed by atoms with Gasteiger partial charge in [-0.2, -0.15) is 0 Å². The van der Waals surface area contributed by atoms with Crippen LogP contribution >= 0.6 is 0 Å². The molecule has 1 aliphatic heterocycles. The lowest BCUT2D eigenvalue weighted by Gasteiger charge is -2.38. The second-order valence-corrected chi connectivity index (χ2v) is 7.36. The Hall–Kier alpha value is -1.82. The highest BCUT2D eigenvalue weighted by atomic mass is 16.5. The molecule has 2 heterocycles. The molecule has 1 atom stereocenters. The van der Waals surface area contributed by atoms with E-state index in [0.717, 1.165) is 19.3 Å². The first-order valence-electron chi connectivity index (χ1n) is 9.03. The van der Waals surface area contributed by atoms with Crippen molar-refractivity contribution >= 4 is 11.9 Å². The number of aliphatic hydroxyl groups excluding tert-OH is 1. The Morgan fingerprint density at radius 1 is 1.40 bits per heavy atom. The molecular weight excluding hydrogens is 320 g/mol. The fourth-order valence-corrected chi connectivity index (χ4v) is 4.11. The number of aromatic amines is 1. The van der Waals surface area contributed by atoms with Gasteiger partial charge in [-0.3, -0.25) is 4.79 Å². The summed E-state index contributed by atoms with van der Waals surface area (Å²) in [6.07, 6.45) is 3.05. The van der Waals surface area contributed by atoms with Gasteiger partial charge in [0, 0.05) is 12.2 Å². The molecule has 0 bridgehead atoms. The van der Waals surface area contributed by atoms with Crippen LogP contribution in [-0.2, 0) is 11.2 Å². The van der Waals surface area contributed by atoms with E-state index < -0.39 is 11.5 Å². The number of hydrogen-bond acceptors (Lipinski definition) is 4. The standard InChI is InChI=1S/C19H30N2O4/c1-6-14-15(18(24)25-5)13(4)16(20-14)17(23)21-9-7-8-19(21,11-22)10-12(2)3/h12,20,22H,6-11H2,1-5H3/t19-/m1/s1. The zero-order valence-corrected chi connectivity index (χ0v) is 15.9. The predicted molar refractivity (Wildman–Crippen MR) is 95.8 cm³/mol. The van der Waals surface area contributed by atoms with Gasteiger partial charge in [0.1, 0.15) is 5.69 Å². The number of methoxy groups -OCH3 is 1. The summed E-state index contributed by atoms with van der Waals surface area (Å²) in [5, 5.41) is 10.1. The van der Waals surface area contributed by atoms with Crippen LogP contribution in [0.4, 0.5) is 0 Å². The van der Waals surface area contributed by atoms with Gasteiger partial charge < -0.3 is 19.7 Å². The van der Waals surface area contributed by atoms with Crippen LogP contribution in [0.5, 0.6) is 0 Å². The van der Waals surface area contributed by atoms with E-state index in [0.29, 0.717) is 41.4 Å². The normalized spacial score (nSPS) is 20.4. The number of carbonyl (C=O) groups excluding carboxylic acids is 2. The van der Waals surface area contributed by atoms with E-state index in [4.69, 9.17) is 4.74 Å². The SMILES string of the molecule is CCc1[nH]c(C(=O)N2CCC[C@]2(CO)CC(C)C)c(C)c1C(=O)OC. The van der Waals surface area contributed by atoms with E-state index in [1.165, 1.54) is 7.11 Å². The van der Waals surface area contributed by atoms with Crippen LogP contribution in [0.15, 0.2) is 0 Å². The minimum Gasteiger partial charge on any atom is -0.465 e. The van der Waals surface area contributed by atoms with Gasteiger partial charge in [-0.1, -0.05) is 20.8 Å². The molecular formula is C19H30N2O4. The second-order valence-electron chi connectivity index (χ2n) is 7.36. The van der Waals surface area contributed by atoms with E-state index in [1.807, 2.05) is 6.92 Å². The topological polar surface area (TPSA) is 82.6 Å². The largest absolute Gasteiger partial charge is 0.465 e. The van der Waals surface area contributed by atoms with E-state index in [1.54, 1.807) is 11.8 Å². The molecule has 0 aromatic carbocycles. The van der Waals surface area contributed by atoms with Crippen LogP contribution in [0.2, 0.25) is 0 Å². The molecule has 2 N–H and O–H groups in total. The zero-order chi connectivity index (χ0) is 18.8. The third-order valence-corrected chi connectivity index (χ3v) is 5.21. The number of rotatable bonds is 6. The summed E-state index contributed by atoms with van der Waals surface area (Å²) in [5.74, 6) is -0.196. The summed E-state index contributed by atoms with van der Waals surface area (Å²) in [6, 6.07) is 0. The van der Waals surface area contributed by atoms with Gasteiger partial charge in [-0.15, -0.1) is 0 Å². The Morgan fingerprint density at radius 2 is 2.08 bits per heavy atom. The van der Waals surface area contributed by atoms with Crippen molar-refractivity contribution in [3.8, 4) is 0 Å². The number of aryl methyl sites for hydroxylation is 1. The Labute approximate surface area is 149 Å². The zero-order valence-electron chi connectivity index (χ0n) is 15.9. The van der Waals surface area contributed by atoms with Crippen molar-refractivity contribution in [2.75, 3.05) is 20.3 Å². The Bertz CT molecular complexity index is 650. The number of likely N-dealkylation sites (tertiary alicyclic amines) is 1. The molecule has 6 nitrogen and oxygen atoms in total. The summed E-state index contributed by atoms with van der Waals surface area (Å²) < 4.78 is 4.87. The fraction of sp³-hybridized carbons (Fsp3) is 0.684. The van der Waals surface area contributed by atoms with Crippen LogP contribution in [0.1, 0.15) is 72.1 Å². The molecule has 1 amide bonds. The van der Waals surface area contributed by atoms with Crippen LogP contribution in [0, 0.1) is 12.8 Å². The first-order chi connectivity index (χ1) is 11.8. The number of esters is 1. The van der Waals surface area contributed by atoms with Crippen molar-refractivity contribution in [1.82, 2.24) is 9.88 Å². The van der Waals surface area contributed by atoms with E-state index >= 15 is 0 Å². The fourth-order valence-electron chi connectivity index (χ4n) is 4.11. The monoisotopic (exact) mass is 350 g/mol. The summed E-state index contributed by atoms with van der Waals surface area (Å²) in [4.78, 5) is 30.3. The average molecular weight is 350 g/mol. The maximum absolute atomic E-state index is 13.2. The molecule has 0 aliphatic carbocycles. The highest BCUT2D eigenvalue weighted by Gasteiger charge is 2.44. The van der Waals surface area contributed by atoms with Crippen molar-refractivity contribution in [3.05, 3.63) is 22.5 Å². The molecule has 1 fully saturated rings. The summed E-state index contributed by atoms with van der Waals surface area (Å²) in [5.41, 5.74) is 1.70. The summed E-state index contributed by atoms with van der Waals surface area (Å²) >= 11 is 0. The third-order valence-electron chi connectivity index (χ3n) is 5.21. The molecule has 0 radical (unpaired) electrons. The number of aromatic nitrogens is 1. The minimum atomic E-state index is -0.513. The molecule has 0 spiro atoms. The maximum Gasteiger partial charge on any atom is 0.339 e. The number of ether oxygens (including phenoxy) is 1. The number of nitrogens with one attached hydrogen (secondary N) is 1. The van der Waals surface area contributed by atoms with Crippen molar-refractivity contribution in [1.29, 1.82) is 0 Å². The predicted octanol–water partition coefficient (Wildman–Crippen LogP) is 2.69. The number of amides is 1. The van der Waals surface area contributed by atoms with Gasteiger partial charge >= 0.3 is 5.97 Å².